The van der Waals surface area contributed by atoms with Crippen LogP contribution in [0.1, 0.15) is 32.7 Å². The van der Waals surface area contributed by atoms with Crippen LogP contribution in [0.3, 0.4) is 0 Å². The Morgan fingerprint density at radius 3 is 2.69 bits per heavy atom. The molecule has 36 heavy (non-hydrogen) atoms. The minimum absolute atomic E-state index is 0.00328. The molecule has 5 aromatic rings. The number of nitrogens with zero attached hydrogens (tertiary/aromatic N) is 5. The molecule has 0 fully saturated rings. The molecule has 0 radical (unpaired) electrons. The molecule has 0 aliphatic heterocycles. The van der Waals surface area contributed by atoms with Gasteiger partial charge < -0.3 is 9.88 Å². The van der Waals surface area contributed by atoms with Gasteiger partial charge in [-0.05, 0) is 60.9 Å². The number of halogens is 3. The van der Waals surface area contributed by atoms with Crippen LogP contribution in [0.15, 0.2) is 79.6 Å². The summed E-state index contributed by atoms with van der Waals surface area (Å²) in [5, 5.41) is 6.79. The van der Waals surface area contributed by atoms with Crippen molar-refractivity contribution in [1.29, 1.82) is 0 Å². The quantitative estimate of drug-likeness (QED) is 0.368. The molecule has 10 heteroatoms. The summed E-state index contributed by atoms with van der Waals surface area (Å²) in [7, 11) is 0. The summed E-state index contributed by atoms with van der Waals surface area (Å²) in [5.41, 5.74) is 2.25. The first kappa shape index (κ1) is 22.9. The number of aryl methyl sites for hydroxylation is 1. The monoisotopic (exact) mass is 486 g/mol. The molecule has 0 unspecified atom stereocenters. The maximum Gasteiger partial charge on any atom is 0.416 e. The fourth-order valence-corrected chi connectivity index (χ4v) is 3.56. The van der Waals surface area contributed by atoms with E-state index < -0.39 is 17.6 Å². The highest BCUT2D eigenvalue weighted by atomic mass is 19.4. The zero-order chi connectivity index (χ0) is 25.3. The summed E-state index contributed by atoms with van der Waals surface area (Å²) < 4.78 is 43.5. The van der Waals surface area contributed by atoms with Gasteiger partial charge in [-0.15, -0.1) is 0 Å². The summed E-state index contributed by atoms with van der Waals surface area (Å²) in [6.07, 6.45) is 3.00. The third-order valence-electron chi connectivity index (χ3n) is 5.41. The van der Waals surface area contributed by atoms with Gasteiger partial charge in [0.25, 0.3) is 5.91 Å². The Labute approximate surface area is 203 Å². The van der Waals surface area contributed by atoms with E-state index >= 15 is 0 Å². The summed E-state index contributed by atoms with van der Waals surface area (Å²) in [4.78, 5) is 21.1. The number of amides is 1. The predicted octanol–water partition coefficient (Wildman–Crippen LogP) is 4.89. The van der Waals surface area contributed by atoms with Crippen molar-refractivity contribution in [3.63, 3.8) is 0 Å². The van der Waals surface area contributed by atoms with Gasteiger partial charge in [0.05, 0.1) is 18.1 Å². The van der Waals surface area contributed by atoms with Gasteiger partial charge in [0, 0.05) is 41.1 Å². The Morgan fingerprint density at radius 2 is 1.92 bits per heavy atom. The summed E-state index contributed by atoms with van der Waals surface area (Å²) in [5.74, 6) is 5.48. The first-order chi connectivity index (χ1) is 17.3. The summed E-state index contributed by atoms with van der Waals surface area (Å²) >= 11 is 0. The number of carbonyl (C=O) groups excluding carboxylic acids is 1. The molecule has 0 spiro atoms. The second-order valence-corrected chi connectivity index (χ2v) is 7.91. The van der Waals surface area contributed by atoms with E-state index in [0.717, 1.165) is 17.7 Å². The minimum atomic E-state index is -4.59. The number of rotatable bonds is 3. The van der Waals surface area contributed by atoms with Crippen LogP contribution in [-0.2, 0) is 6.18 Å². The molecule has 3 heterocycles. The van der Waals surface area contributed by atoms with Crippen LogP contribution in [0, 0.1) is 18.8 Å². The third-order valence-corrected chi connectivity index (χ3v) is 5.41. The Bertz CT molecular complexity index is 1640. The van der Waals surface area contributed by atoms with Gasteiger partial charge in [0.2, 0.25) is 0 Å². The SMILES string of the molecule is Cc1ccc(C(=O)Nc2cc(-n3ccnc3)cc(C(F)(F)F)c2)cc1C#Cc1cnc2cccnn12. The standard InChI is InChI=1S/C26H17F3N6O/c1-17-4-5-19(11-18(17)6-7-22-15-31-24-3-2-8-32-35(22)24)25(36)33-21-12-20(26(27,28)29)13-23(14-21)34-10-9-30-16-34/h2-5,8-16H,1H3,(H,33,36). The fourth-order valence-electron chi connectivity index (χ4n) is 3.56. The highest BCUT2D eigenvalue weighted by molar-refractivity contribution is 6.04. The number of aromatic nitrogens is 5. The average molecular weight is 486 g/mol. The number of imidazole rings is 2. The van der Waals surface area contributed by atoms with E-state index in [0.29, 0.717) is 16.9 Å². The second-order valence-electron chi connectivity index (χ2n) is 7.91. The second kappa shape index (κ2) is 9.03. The normalized spacial score (nSPS) is 11.2. The highest BCUT2D eigenvalue weighted by Crippen LogP contribution is 2.33. The van der Waals surface area contributed by atoms with Crippen molar-refractivity contribution in [3.05, 3.63) is 108 Å². The molecule has 0 atom stereocenters. The van der Waals surface area contributed by atoms with Crippen molar-refractivity contribution in [2.45, 2.75) is 13.1 Å². The van der Waals surface area contributed by atoms with Gasteiger partial charge in [-0.2, -0.15) is 18.3 Å². The number of hydrogen-bond donors (Lipinski definition) is 1. The van der Waals surface area contributed by atoms with Crippen LogP contribution in [-0.4, -0.2) is 30.1 Å². The zero-order valence-corrected chi connectivity index (χ0v) is 18.8. The molecule has 0 saturated carbocycles. The van der Waals surface area contributed by atoms with Crippen LogP contribution in [0.2, 0.25) is 0 Å². The van der Waals surface area contributed by atoms with Crippen molar-refractivity contribution in [1.82, 2.24) is 24.1 Å². The van der Waals surface area contributed by atoms with E-state index in [4.69, 9.17) is 0 Å². The third kappa shape index (κ3) is 4.67. The number of anilines is 1. The Hall–Kier alpha value is -4.91. The average Bonchev–Trinajstić information content (AvgIpc) is 3.53. The van der Waals surface area contributed by atoms with Crippen molar-refractivity contribution in [3.8, 4) is 17.5 Å². The lowest BCUT2D eigenvalue weighted by Gasteiger charge is -2.14. The topological polar surface area (TPSA) is 77.1 Å². The molecule has 5 rings (SSSR count). The lowest BCUT2D eigenvalue weighted by molar-refractivity contribution is -0.137. The van der Waals surface area contributed by atoms with E-state index in [2.05, 4.69) is 32.2 Å². The molecule has 2 aromatic carbocycles. The molecule has 7 nitrogen and oxygen atoms in total. The molecule has 1 amide bonds. The molecule has 3 aromatic heterocycles. The number of carbonyl (C=O) groups is 1. The summed E-state index contributed by atoms with van der Waals surface area (Å²) in [6, 6.07) is 11.8. The highest BCUT2D eigenvalue weighted by Gasteiger charge is 2.31. The minimum Gasteiger partial charge on any atom is -0.322 e. The maximum absolute atomic E-state index is 13.5. The molecular formula is C26H17F3N6O. The summed E-state index contributed by atoms with van der Waals surface area (Å²) in [6.45, 7) is 1.85. The largest absolute Gasteiger partial charge is 0.416 e. The van der Waals surface area contributed by atoms with Gasteiger partial charge in [0.1, 0.15) is 5.69 Å². The number of benzene rings is 2. The number of alkyl halides is 3. The Kier molecular flexibility index (Phi) is 5.74. The maximum atomic E-state index is 13.5. The van der Waals surface area contributed by atoms with E-state index in [9.17, 15) is 18.0 Å². The molecule has 0 aliphatic carbocycles. The van der Waals surface area contributed by atoms with Crippen molar-refractivity contribution >= 4 is 17.2 Å². The van der Waals surface area contributed by atoms with Crippen molar-refractivity contribution in [2.24, 2.45) is 0 Å². The van der Waals surface area contributed by atoms with Crippen LogP contribution in [0.5, 0.6) is 0 Å². The van der Waals surface area contributed by atoms with E-state index in [1.807, 2.05) is 6.92 Å². The predicted molar refractivity (Wildman–Crippen MR) is 127 cm³/mol. The van der Waals surface area contributed by atoms with Crippen molar-refractivity contribution < 1.29 is 18.0 Å². The van der Waals surface area contributed by atoms with Crippen LogP contribution in [0.25, 0.3) is 11.3 Å². The van der Waals surface area contributed by atoms with E-state index in [1.54, 1.807) is 47.2 Å². The number of hydrogen-bond acceptors (Lipinski definition) is 4. The Morgan fingerprint density at radius 1 is 1.06 bits per heavy atom. The van der Waals surface area contributed by atoms with Crippen molar-refractivity contribution in [2.75, 3.05) is 5.32 Å². The molecule has 0 aliphatic rings. The Balaban J connectivity index is 1.44. The molecular weight excluding hydrogens is 469 g/mol. The number of nitrogens with one attached hydrogen (secondary N) is 1. The van der Waals surface area contributed by atoms with Gasteiger partial charge >= 0.3 is 6.18 Å². The van der Waals surface area contributed by atoms with E-state index in [-0.39, 0.29) is 16.9 Å². The lowest BCUT2D eigenvalue weighted by atomic mass is 10.0. The first-order valence-corrected chi connectivity index (χ1v) is 10.7. The smallest absolute Gasteiger partial charge is 0.322 e. The van der Waals surface area contributed by atoms with Gasteiger partial charge in [-0.3, -0.25) is 4.79 Å². The van der Waals surface area contributed by atoms with Crippen LogP contribution < -0.4 is 5.32 Å². The first-order valence-electron chi connectivity index (χ1n) is 10.7. The molecule has 0 bridgehead atoms. The fraction of sp³-hybridized carbons (Fsp3) is 0.0769. The van der Waals surface area contributed by atoms with Crippen LogP contribution in [0.4, 0.5) is 18.9 Å². The number of fused-ring (bicyclic) bond motifs is 1. The molecule has 1 N–H and O–H groups in total. The zero-order valence-electron chi connectivity index (χ0n) is 18.8. The van der Waals surface area contributed by atoms with Gasteiger partial charge in [-0.25, -0.2) is 14.5 Å². The van der Waals surface area contributed by atoms with Gasteiger partial charge in [0.15, 0.2) is 5.65 Å². The van der Waals surface area contributed by atoms with E-state index in [1.165, 1.54) is 29.4 Å². The molecule has 178 valence electrons. The van der Waals surface area contributed by atoms with Crippen LogP contribution >= 0.6 is 0 Å². The van der Waals surface area contributed by atoms with Gasteiger partial charge in [-0.1, -0.05) is 12.0 Å². The lowest BCUT2D eigenvalue weighted by Crippen LogP contribution is -2.14. The molecule has 0 saturated heterocycles.